The molecule has 0 radical (unpaired) electrons. The number of nitro groups is 1. The number of hydrogen-bond acceptors (Lipinski definition) is 6. The molecule has 1 aromatic rings. The van der Waals surface area contributed by atoms with Gasteiger partial charge in [-0.25, -0.2) is 8.42 Å². The van der Waals surface area contributed by atoms with E-state index in [1.807, 2.05) is 0 Å². The average molecular weight is 301 g/mol. The van der Waals surface area contributed by atoms with Crippen LogP contribution in [-0.2, 0) is 10.0 Å². The second kappa shape index (κ2) is 5.35. The molecule has 1 aromatic carbocycles. The standard InChI is InChI=1S/C11H15N3O5S/c12-10-7-8(14(16)17)1-2-11(10)20(18,19)13-5-3-9(15)4-6-13/h1-2,7,9,15H,3-6,12H2. The van der Waals surface area contributed by atoms with Gasteiger partial charge < -0.3 is 10.8 Å². The van der Waals surface area contributed by atoms with Crippen LogP contribution in [0.2, 0.25) is 0 Å². The molecule has 3 N–H and O–H groups in total. The van der Waals surface area contributed by atoms with Crippen molar-refractivity contribution in [3.8, 4) is 0 Å². The molecule has 0 unspecified atom stereocenters. The van der Waals surface area contributed by atoms with E-state index < -0.39 is 21.1 Å². The molecule has 20 heavy (non-hydrogen) atoms. The lowest BCUT2D eigenvalue weighted by molar-refractivity contribution is -0.384. The topological polar surface area (TPSA) is 127 Å². The number of hydrogen-bond donors (Lipinski definition) is 2. The largest absolute Gasteiger partial charge is 0.397 e. The molecular weight excluding hydrogens is 286 g/mol. The van der Waals surface area contributed by atoms with Gasteiger partial charge in [-0.2, -0.15) is 4.31 Å². The highest BCUT2D eigenvalue weighted by atomic mass is 32.2. The minimum Gasteiger partial charge on any atom is -0.397 e. The van der Waals surface area contributed by atoms with Gasteiger partial charge in [0.25, 0.3) is 5.69 Å². The SMILES string of the molecule is Nc1cc([N+](=O)[O-])ccc1S(=O)(=O)N1CCC(O)CC1. The third-order valence-electron chi connectivity index (χ3n) is 3.25. The zero-order valence-corrected chi connectivity index (χ0v) is 11.4. The first kappa shape index (κ1) is 14.7. The monoisotopic (exact) mass is 301 g/mol. The van der Waals surface area contributed by atoms with E-state index >= 15 is 0 Å². The van der Waals surface area contributed by atoms with Crippen molar-refractivity contribution in [2.75, 3.05) is 18.8 Å². The van der Waals surface area contributed by atoms with E-state index in [1.54, 1.807) is 0 Å². The molecule has 0 aliphatic carbocycles. The summed E-state index contributed by atoms with van der Waals surface area (Å²) in [4.78, 5) is 9.84. The fourth-order valence-corrected chi connectivity index (χ4v) is 3.67. The van der Waals surface area contributed by atoms with Crippen LogP contribution in [0.25, 0.3) is 0 Å². The maximum atomic E-state index is 12.4. The minimum absolute atomic E-state index is 0.139. The molecule has 0 aromatic heterocycles. The second-order valence-corrected chi connectivity index (χ2v) is 6.52. The Hall–Kier alpha value is -1.71. The molecule has 0 bridgehead atoms. The maximum absolute atomic E-state index is 12.4. The van der Waals surface area contributed by atoms with Crippen molar-refractivity contribution >= 4 is 21.4 Å². The third-order valence-corrected chi connectivity index (χ3v) is 5.22. The van der Waals surface area contributed by atoms with Crippen LogP contribution < -0.4 is 5.73 Å². The predicted molar refractivity (Wildman–Crippen MR) is 71.5 cm³/mol. The molecule has 9 heteroatoms. The van der Waals surface area contributed by atoms with E-state index in [1.165, 1.54) is 4.31 Å². The third kappa shape index (κ3) is 2.74. The molecule has 0 spiro atoms. The average Bonchev–Trinajstić information content (AvgIpc) is 2.38. The quantitative estimate of drug-likeness (QED) is 0.470. The first-order valence-electron chi connectivity index (χ1n) is 6.04. The molecule has 0 saturated carbocycles. The number of sulfonamides is 1. The van der Waals surface area contributed by atoms with Crippen LogP contribution in [0, 0.1) is 10.1 Å². The molecule has 110 valence electrons. The summed E-state index contributed by atoms with van der Waals surface area (Å²) in [6, 6.07) is 3.29. The molecule has 1 aliphatic rings. The van der Waals surface area contributed by atoms with Crippen LogP contribution in [0.5, 0.6) is 0 Å². The number of non-ortho nitro benzene ring substituents is 1. The molecule has 0 amide bonds. The van der Waals surface area contributed by atoms with Crippen molar-refractivity contribution in [2.24, 2.45) is 0 Å². The van der Waals surface area contributed by atoms with E-state index in [0.29, 0.717) is 12.8 Å². The molecule has 2 rings (SSSR count). The highest BCUT2D eigenvalue weighted by Gasteiger charge is 2.30. The maximum Gasteiger partial charge on any atom is 0.271 e. The van der Waals surface area contributed by atoms with Crippen LogP contribution >= 0.6 is 0 Å². The normalized spacial score (nSPS) is 18.1. The number of nitrogen functional groups attached to an aromatic ring is 1. The van der Waals surface area contributed by atoms with Crippen molar-refractivity contribution in [3.05, 3.63) is 28.3 Å². The summed E-state index contributed by atoms with van der Waals surface area (Å²) in [5, 5.41) is 20.0. The Morgan fingerprint density at radius 3 is 2.45 bits per heavy atom. The fourth-order valence-electron chi connectivity index (χ4n) is 2.11. The Bertz CT molecular complexity index is 623. The van der Waals surface area contributed by atoms with Gasteiger partial charge in [0.15, 0.2) is 0 Å². The number of aliphatic hydroxyl groups is 1. The fraction of sp³-hybridized carbons (Fsp3) is 0.455. The molecule has 1 heterocycles. The Balaban J connectivity index is 2.32. The van der Waals surface area contributed by atoms with Crippen molar-refractivity contribution in [2.45, 2.75) is 23.8 Å². The van der Waals surface area contributed by atoms with E-state index in [0.717, 1.165) is 18.2 Å². The summed E-state index contributed by atoms with van der Waals surface area (Å²) < 4.78 is 26.0. The molecule has 8 nitrogen and oxygen atoms in total. The Morgan fingerprint density at radius 2 is 1.95 bits per heavy atom. The van der Waals surface area contributed by atoms with Gasteiger partial charge in [-0.1, -0.05) is 0 Å². The number of aliphatic hydroxyl groups excluding tert-OH is 1. The molecule has 1 fully saturated rings. The highest BCUT2D eigenvalue weighted by molar-refractivity contribution is 7.89. The lowest BCUT2D eigenvalue weighted by Crippen LogP contribution is -2.40. The minimum atomic E-state index is -3.78. The number of benzene rings is 1. The number of anilines is 1. The van der Waals surface area contributed by atoms with E-state index in [2.05, 4.69) is 0 Å². The van der Waals surface area contributed by atoms with Crippen molar-refractivity contribution in [1.82, 2.24) is 4.31 Å². The van der Waals surface area contributed by atoms with Gasteiger partial charge in [0.05, 0.1) is 16.7 Å². The van der Waals surface area contributed by atoms with Crippen LogP contribution in [0.4, 0.5) is 11.4 Å². The van der Waals surface area contributed by atoms with E-state index in [-0.39, 0.29) is 29.4 Å². The van der Waals surface area contributed by atoms with Crippen LogP contribution in [0.1, 0.15) is 12.8 Å². The van der Waals surface area contributed by atoms with Gasteiger partial charge in [-0.05, 0) is 18.9 Å². The van der Waals surface area contributed by atoms with Gasteiger partial charge >= 0.3 is 0 Å². The first-order chi connectivity index (χ1) is 9.32. The van der Waals surface area contributed by atoms with Gasteiger partial charge in [0, 0.05) is 25.2 Å². The van der Waals surface area contributed by atoms with Crippen molar-refractivity contribution in [3.63, 3.8) is 0 Å². The van der Waals surface area contributed by atoms with Crippen LogP contribution in [-0.4, -0.2) is 41.9 Å². The summed E-state index contributed by atoms with van der Waals surface area (Å²) in [5.41, 5.74) is 5.22. The van der Waals surface area contributed by atoms with E-state index in [9.17, 15) is 23.6 Å². The van der Waals surface area contributed by atoms with Crippen LogP contribution in [0.3, 0.4) is 0 Å². The zero-order valence-electron chi connectivity index (χ0n) is 10.6. The summed E-state index contributed by atoms with van der Waals surface area (Å²) in [6.07, 6.45) is 0.244. The highest BCUT2D eigenvalue weighted by Crippen LogP contribution is 2.28. The number of nitrogens with two attached hydrogens (primary N) is 1. The lowest BCUT2D eigenvalue weighted by Gasteiger charge is -2.29. The van der Waals surface area contributed by atoms with Gasteiger partial charge in [0.1, 0.15) is 4.90 Å². The summed E-state index contributed by atoms with van der Waals surface area (Å²) in [6.45, 7) is 0.417. The first-order valence-corrected chi connectivity index (χ1v) is 7.48. The summed E-state index contributed by atoms with van der Waals surface area (Å²) in [5.74, 6) is 0. The number of nitro benzene ring substituents is 1. The summed E-state index contributed by atoms with van der Waals surface area (Å²) in [7, 11) is -3.78. The molecule has 1 aliphatic heterocycles. The van der Waals surface area contributed by atoms with Gasteiger partial charge in [-0.3, -0.25) is 10.1 Å². The smallest absolute Gasteiger partial charge is 0.271 e. The van der Waals surface area contributed by atoms with Crippen molar-refractivity contribution in [1.29, 1.82) is 0 Å². The zero-order chi connectivity index (χ0) is 14.9. The van der Waals surface area contributed by atoms with Gasteiger partial charge in [-0.15, -0.1) is 0 Å². The Labute approximate surface area is 116 Å². The predicted octanol–water partition coefficient (Wildman–Crippen LogP) is 0.322. The van der Waals surface area contributed by atoms with Crippen LogP contribution in [0.15, 0.2) is 23.1 Å². The Kier molecular flexibility index (Phi) is 3.93. The molecule has 1 saturated heterocycles. The Morgan fingerprint density at radius 1 is 1.35 bits per heavy atom. The van der Waals surface area contributed by atoms with Crippen molar-refractivity contribution < 1.29 is 18.4 Å². The number of piperidine rings is 1. The number of rotatable bonds is 3. The van der Waals surface area contributed by atoms with Gasteiger partial charge in [0.2, 0.25) is 10.0 Å². The molecule has 0 atom stereocenters. The molecular formula is C11H15N3O5S. The number of nitrogens with zero attached hydrogens (tertiary/aromatic N) is 2. The second-order valence-electron chi connectivity index (χ2n) is 4.61. The lowest BCUT2D eigenvalue weighted by atomic mass is 10.1. The summed E-state index contributed by atoms with van der Waals surface area (Å²) >= 11 is 0. The van der Waals surface area contributed by atoms with E-state index in [4.69, 9.17) is 5.73 Å².